The first-order chi connectivity index (χ1) is 12.1. The molecule has 4 rings (SSSR count). The number of hydrogen-bond acceptors (Lipinski definition) is 2. The molecule has 1 saturated heterocycles. The number of nitrogens with one attached hydrogen (secondary N) is 1. The highest BCUT2D eigenvalue weighted by Gasteiger charge is 2.32. The molecule has 5 nitrogen and oxygen atoms in total. The van der Waals surface area contributed by atoms with E-state index in [0.29, 0.717) is 44.2 Å². The number of hydrogen-bond donors (Lipinski definition) is 1. The van der Waals surface area contributed by atoms with E-state index in [1.54, 1.807) is 0 Å². The summed E-state index contributed by atoms with van der Waals surface area (Å²) in [5.74, 6) is 1.53. The van der Waals surface area contributed by atoms with Crippen molar-refractivity contribution < 1.29 is 9.59 Å². The van der Waals surface area contributed by atoms with Gasteiger partial charge >= 0.3 is 0 Å². The Bertz CT molecular complexity index is 752. The van der Waals surface area contributed by atoms with Crippen molar-refractivity contribution in [3.8, 4) is 0 Å². The Labute approximate surface area is 148 Å². The Hall–Kier alpha value is -2.30. The van der Waals surface area contributed by atoms with E-state index < -0.39 is 0 Å². The monoisotopic (exact) mass is 339 g/mol. The molecule has 132 valence electrons. The van der Waals surface area contributed by atoms with Crippen molar-refractivity contribution in [1.82, 2.24) is 14.8 Å². The molecule has 0 radical (unpaired) electrons. The largest absolute Gasteiger partial charge is 0.351 e. The van der Waals surface area contributed by atoms with Crippen LogP contribution in [-0.4, -0.2) is 52.8 Å². The highest BCUT2D eigenvalue weighted by molar-refractivity contribution is 5.98. The van der Waals surface area contributed by atoms with Crippen molar-refractivity contribution in [1.29, 1.82) is 0 Å². The lowest BCUT2D eigenvalue weighted by molar-refractivity contribution is -0.133. The fourth-order valence-corrected chi connectivity index (χ4v) is 3.75. The van der Waals surface area contributed by atoms with Crippen LogP contribution in [0, 0.1) is 11.8 Å². The third-order valence-electron chi connectivity index (χ3n) is 5.60. The average Bonchev–Trinajstić information content (AvgIpc) is 3.40. The van der Waals surface area contributed by atoms with E-state index in [0.717, 1.165) is 16.8 Å². The van der Waals surface area contributed by atoms with E-state index in [1.807, 2.05) is 40.1 Å². The number of para-hydroxylation sites is 1. The molecule has 1 atom stereocenters. The number of benzene rings is 1. The summed E-state index contributed by atoms with van der Waals surface area (Å²) in [5.41, 5.74) is 1.61. The number of fused-ring (bicyclic) bond motifs is 1. The Kier molecular flexibility index (Phi) is 4.24. The number of H-pyrrole nitrogens is 1. The molecule has 1 saturated carbocycles. The lowest BCUT2D eigenvalue weighted by atomic mass is 10.0. The van der Waals surface area contributed by atoms with Crippen LogP contribution >= 0.6 is 0 Å². The lowest BCUT2D eigenvalue weighted by Gasteiger charge is -2.35. The predicted molar refractivity (Wildman–Crippen MR) is 97.3 cm³/mol. The van der Waals surface area contributed by atoms with Crippen LogP contribution in [0.25, 0.3) is 10.9 Å². The molecule has 1 aliphatic carbocycles. The van der Waals surface area contributed by atoms with Crippen LogP contribution in [0.15, 0.2) is 30.3 Å². The topological polar surface area (TPSA) is 56.4 Å². The van der Waals surface area contributed by atoms with Gasteiger partial charge in [0.05, 0.1) is 0 Å². The van der Waals surface area contributed by atoms with Crippen LogP contribution in [0.2, 0.25) is 0 Å². The average molecular weight is 339 g/mol. The van der Waals surface area contributed by atoms with Gasteiger partial charge in [-0.05, 0) is 36.8 Å². The molecule has 1 N–H and O–H groups in total. The minimum atomic E-state index is 0.0228. The molecular weight excluding hydrogens is 314 g/mol. The predicted octanol–water partition coefficient (Wildman–Crippen LogP) is 2.89. The summed E-state index contributed by atoms with van der Waals surface area (Å²) in [5, 5.41) is 1.05. The van der Waals surface area contributed by atoms with Gasteiger partial charge in [0.25, 0.3) is 5.91 Å². The molecule has 0 spiro atoms. The first-order valence-electron chi connectivity index (χ1n) is 9.26. The van der Waals surface area contributed by atoms with E-state index in [2.05, 4.69) is 11.9 Å². The third-order valence-corrected chi connectivity index (χ3v) is 5.60. The standard InChI is InChI=1S/C20H25N3O2/c1-14(15-6-7-15)12-19(24)22-8-10-23(11-9-22)20(25)18-13-16-4-2-3-5-17(16)21-18/h2-5,13-15,21H,6-12H2,1H3/t14-/m0/s1. The Morgan fingerprint density at radius 2 is 1.80 bits per heavy atom. The molecule has 2 heterocycles. The molecule has 5 heteroatoms. The van der Waals surface area contributed by atoms with Crippen molar-refractivity contribution in [3.63, 3.8) is 0 Å². The smallest absolute Gasteiger partial charge is 0.270 e. The molecule has 2 aromatic rings. The fraction of sp³-hybridized carbons (Fsp3) is 0.500. The molecule has 1 aromatic carbocycles. The van der Waals surface area contributed by atoms with Crippen LogP contribution in [0.5, 0.6) is 0 Å². The Balaban J connectivity index is 1.34. The maximum absolute atomic E-state index is 12.7. The SMILES string of the molecule is C[C@@H](CC(=O)N1CCN(C(=O)c2cc3ccccc3[nH]2)CC1)C1CC1. The second-order valence-corrected chi connectivity index (χ2v) is 7.46. The van der Waals surface area contributed by atoms with Crippen molar-refractivity contribution in [3.05, 3.63) is 36.0 Å². The Morgan fingerprint density at radius 3 is 2.48 bits per heavy atom. The molecule has 25 heavy (non-hydrogen) atoms. The first-order valence-corrected chi connectivity index (χ1v) is 9.26. The molecule has 0 unspecified atom stereocenters. The summed E-state index contributed by atoms with van der Waals surface area (Å²) in [7, 11) is 0. The normalized spacial score (nSPS) is 19.2. The first kappa shape index (κ1) is 16.2. The van der Waals surface area contributed by atoms with Gasteiger partial charge in [-0.3, -0.25) is 9.59 Å². The van der Waals surface area contributed by atoms with Crippen molar-refractivity contribution in [2.75, 3.05) is 26.2 Å². The van der Waals surface area contributed by atoms with Gasteiger partial charge in [0.2, 0.25) is 5.91 Å². The van der Waals surface area contributed by atoms with Crippen molar-refractivity contribution in [2.24, 2.45) is 11.8 Å². The van der Waals surface area contributed by atoms with Gasteiger partial charge in [-0.1, -0.05) is 25.1 Å². The van der Waals surface area contributed by atoms with E-state index in [1.165, 1.54) is 12.8 Å². The van der Waals surface area contributed by atoms with Gasteiger partial charge in [0.15, 0.2) is 0 Å². The molecule has 1 aromatic heterocycles. The summed E-state index contributed by atoms with van der Waals surface area (Å²) in [4.78, 5) is 32.1. The van der Waals surface area contributed by atoms with E-state index >= 15 is 0 Å². The zero-order valence-electron chi connectivity index (χ0n) is 14.7. The van der Waals surface area contributed by atoms with Gasteiger partial charge in [0, 0.05) is 43.5 Å². The number of carbonyl (C=O) groups excluding carboxylic acids is 2. The highest BCUT2D eigenvalue weighted by atomic mass is 16.2. The second-order valence-electron chi connectivity index (χ2n) is 7.46. The third kappa shape index (κ3) is 3.41. The number of amides is 2. The fourth-order valence-electron chi connectivity index (χ4n) is 3.75. The molecule has 0 bridgehead atoms. The zero-order chi connectivity index (χ0) is 17.4. The summed E-state index contributed by atoms with van der Waals surface area (Å²) in [6.07, 6.45) is 3.21. The maximum atomic E-state index is 12.7. The Morgan fingerprint density at radius 1 is 1.12 bits per heavy atom. The molecule has 1 aliphatic heterocycles. The summed E-state index contributed by atoms with van der Waals surface area (Å²) >= 11 is 0. The highest BCUT2D eigenvalue weighted by Crippen LogP contribution is 2.38. The number of aromatic nitrogens is 1. The van der Waals surface area contributed by atoms with Crippen LogP contribution < -0.4 is 0 Å². The number of rotatable bonds is 4. The van der Waals surface area contributed by atoms with Crippen LogP contribution in [0.1, 0.15) is 36.7 Å². The van der Waals surface area contributed by atoms with Crippen LogP contribution in [-0.2, 0) is 4.79 Å². The number of nitrogens with zero attached hydrogens (tertiary/aromatic N) is 2. The summed E-state index contributed by atoms with van der Waals surface area (Å²) in [6, 6.07) is 9.81. The van der Waals surface area contributed by atoms with Gasteiger partial charge in [-0.2, -0.15) is 0 Å². The lowest BCUT2D eigenvalue weighted by Crippen LogP contribution is -2.50. The molecule has 2 amide bonds. The van der Waals surface area contributed by atoms with Crippen molar-refractivity contribution in [2.45, 2.75) is 26.2 Å². The number of carbonyl (C=O) groups is 2. The van der Waals surface area contributed by atoms with E-state index in [9.17, 15) is 9.59 Å². The second kappa shape index (κ2) is 6.54. The number of aromatic amines is 1. The molecular formula is C20H25N3O2. The van der Waals surface area contributed by atoms with Gasteiger partial charge in [-0.25, -0.2) is 0 Å². The molecule has 2 aliphatic rings. The maximum Gasteiger partial charge on any atom is 0.270 e. The van der Waals surface area contributed by atoms with Gasteiger partial charge in [-0.15, -0.1) is 0 Å². The minimum absolute atomic E-state index is 0.0228. The summed E-state index contributed by atoms with van der Waals surface area (Å²) in [6.45, 7) is 4.69. The summed E-state index contributed by atoms with van der Waals surface area (Å²) < 4.78 is 0. The zero-order valence-corrected chi connectivity index (χ0v) is 14.7. The van der Waals surface area contributed by atoms with Crippen LogP contribution in [0.4, 0.5) is 0 Å². The van der Waals surface area contributed by atoms with Gasteiger partial charge in [0.1, 0.15) is 5.69 Å². The van der Waals surface area contributed by atoms with E-state index in [4.69, 9.17) is 0 Å². The number of piperazine rings is 1. The molecule has 2 fully saturated rings. The van der Waals surface area contributed by atoms with Crippen molar-refractivity contribution >= 4 is 22.7 Å². The van der Waals surface area contributed by atoms with Crippen LogP contribution in [0.3, 0.4) is 0 Å². The van der Waals surface area contributed by atoms with E-state index in [-0.39, 0.29) is 11.8 Å². The quantitative estimate of drug-likeness (QED) is 0.931. The minimum Gasteiger partial charge on any atom is -0.351 e. The van der Waals surface area contributed by atoms with Gasteiger partial charge < -0.3 is 14.8 Å².